The summed E-state index contributed by atoms with van der Waals surface area (Å²) >= 11 is 7.10. The number of hydrogen-bond donors (Lipinski definition) is 1. The van der Waals surface area contributed by atoms with Crippen LogP contribution in [0.5, 0.6) is 0 Å². The van der Waals surface area contributed by atoms with Gasteiger partial charge in [-0.3, -0.25) is 4.79 Å². The third-order valence-electron chi connectivity index (χ3n) is 4.94. The molecular weight excluding hydrogens is 521 g/mol. The first-order valence-electron chi connectivity index (χ1n) is 9.79. The van der Waals surface area contributed by atoms with Crippen molar-refractivity contribution in [3.63, 3.8) is 0 Å². The van der Waals surface area contributed by atoms with Crippen LogP contribution < -0.4 is 5.32 Å². The minimum absolute atomic E-state index is 0.0442. The molecule has 0 saturated heterocycles. The number of amides is 1. The summed E-state index contributed by atoms with van der Waals surface area (Å²) in [4.78, 5) is 17.8. The molecule has 35 heavy (non-hydrogen) atoms. The fourth-order valence-corrected chi connectivity index (χ4v) is 4.18. The molecule has 186 valence electrons. The van der Waals surface area contributed by atoms with E-state index in [1.54, 1.807) is 36.4 Å². The van der Waals surface area contributed by atoms with Gasteiger partial charge in [-0.05, 0) is 61.4 Å². The van der Waals surface area contributed by atoms with Crippen molar-refractivity contribution in [2.75, 3.05) is 5.32 Å². The second kappa shape index (κ2) is 9.69. The van der Waals surface area contributed by atoms with Gasteiger partial charge in [0.2, 0.25) is 0 Å². The molecule has 12 heteroatoms. The predicted octanol–water partition coefficient (Wildman–Crippen LogP) is 8.04. The third-order valence-corrected chi connectivity index (χ3v) is 6.14. The molecule has 1 heterocycles. The fraction of sp³-hybridized carbons (Fsp3) is 0.217. The number of carbonyl (C=O) groups is 1. The molecule has 3 nitrogen and oxygen atoms in total. The van der Waals surface area contributed by atoms with E-state index in [1.165, 1.54) is 31.7 Å². The summed E-state index contributed by atoms with van der Waals surface area (Å²) in [7, 11) is 0. The molecule has 3 rings (SSSR count). The van der Waals surface area contributed by atoms with Gasteiger partial charge in [-0.2, -0.15) is 26.3 Å². The van der Waals surface area contributed by atoms with Crippen LogP contribution in [-0.2, 0) is 5.67 Å². The van der Waals surface area contributed by atoms with Crippen LogP contribution in [0.2, 0.25) is 5.02 Å². The highest BCUT2D eigenvalue weighted by Gasteiger charge is 2.73. The van der Waals surface area contributed by atoms with Crippen LogP contribution in [0.25, 0.3) is 0 Å². The lowest BCUT2D eigenvalue weighted by molar-refractivity contribution is -0.348. The Labute approximate surface area is 204 Å². The summed E-state index contributed by atoms with van der Waals surface area (Å²) in [5.41, 5.74) is -7.65. The molecular formula is C23H16ClF7N2OS. The van der Waals surface area contributed by atoms with Gasteiger partial charge >= 0.3 is 18.0 Å². The maximum atomic E-state index is 14.4. The number of carbonyl (C=O) groups excluding carboxylic acids is 1. The lowest BCUT2D eigenvalue weighted by Crippen LogP contribution is -2.50. The standard InChI is InChI=1S/C23H16ClF7N2OS/c1-12-10-14(21(25,22(26,27)28)23(29,30)31)11-13(2)19(12)33-20(34)17-4-3-5-18(32-17)35-16-8-6-15(24)7-9-16/h3-11H,1-2H3,(H,33,34). The maximum Gasteiger partial charge on any atom is 0.435 e. The molecule has 2 aromatic carbocycles. The summed E-state index contributed by atoms with van der Waals surface area (Å²) in [6.45, 7) is 2.33. The summed E-state index contributed by atoms with van der Waals surface area (Å²) in [6.07, 6.45) is -12.5. The molecule has 1 aromatic heterocycles. The Morgan fingerprint density at radius 3 is 1.94 bits per heavy atom. The Kier molecular flexibility index (Phi) is 7.42. The zero-order valence-electron chi connectivity index (χ0n) is 18.0. The van der Waals surface area contributed by atoms with Crippen molar-refractivity contribution in [1.29, 1.82) is 0 Å². The van der Waals surface area contributed by atoms with Crippen molar-refractivity contribution in [2.45, 2.75) is 41.8 Å². The molecule has 0 saturated carbocycles. The lowest BCUT2D eigenvalue weighted by Gasteiger charge is -2.31. The zero-order chi connectivity index (χ0) is 26.2. The Bertz CT molecular complexity index is 1210. The van der Waals surface area contributed by atoms with E-state index in [0.29, 0.717) is 22.2 Å². The first-order chi connectivity index (χ1) is 16.1. The Hall–Kier alpha value is -2.79. The topological polar surface area (TPSA) is 42.0 Å². The Balaban J connectivity index is 1.88. The largest absolute Gasteiger partial charge is 0.435 e. The highest BCUT2D eigenvalue weighted by molar-refractivity contribution is 7.99. The number of nitrogens with one attached hydrogen (secondary N) is 1. The maximum absolute atomic E-state index is 14.4. The molecule has 0 bridgehead atoms. The zero-order valence-corrected chi connectivity index (χ0v) is 19.6. The summed E-state index contributed by atoms with van der Waals surface area (Å²) in [6, 6.07) is 12.3. The first-order valence-corrected chi connectivity index (χ1v) is 11.0. The van der Waals surface area contributed by atoms with Crippen LogP contribution >= 0.6 is 23.4 Å². The van der Waals surface area contributed by atoms with Gasteiger partial charge in [0, 0.05) is 21.2 Å². The molecule has 0 unspecified atom stereocenters. The van der Waals surface area contributed by atoms with E-state index >= 15 is 0 Å². The minimum Gasteiger partial charge on any atom is -0.320 e. The van der Waals surface area contributed by atoms with Crippen LogP contribution in [0.3, 0.4) is 0 Å². The van der Waals surface area contributed by atoms with Crippen molar-refractivity contribution in [2.24, 2.45) is 0 Å². The normalized spacial score (nSPS) is 12.5. The Morgan fingerprint density at radius 1 is 0.886 bits per heavy atom. The Morgan fingerprint density at radius 2 is 1.43 bits per heavy atom. The molecule has 0 aliphatic rings. The molecule has 0 fully saturated rings. The van der Waals surface area contributed by atoms with Crippen LogP contribution in [0.1, 0.15) is 27.2 Å². The molecule has 0 radical (unpaired) electrons. The summed E-state index contributed by atoms with van der Waals surface area (Å²) in [5, 5.41) is 3.44. The van der Waals surface area contributed by atoms with Gasteiger partial charge in [-0.25, -0.2) is 9.37 Å². The second-order valence-electron chi connectivity index (χ2n) is 7.51. The average Bonchev–Trinajstić information content (AvgIpc) is 2.75. The highest BCUT2D eigenvalue weighted by Crippen LogP contribution is 2.53. The molecule has 3 aromatic rings. The lowest BCUT2D eigenvalue weighted by atomic mass is 9.90. The number of aromatic nitrogens is 1. The molecule has 0 spiro atoms. The second-order valence-corrected chi connectivity index (χ2v) is 9.04. The smallest absolute Gasteiger partial charge is 0.320 e. The predicted molar refractivity (Wildman–Crippen MR) is 119 cm³/mol. The number of anilines is 1. The van der Waals surface area contributed by atoms with Gasteiger partial charge in [-0.15, -0.1) is 0 Å². The van der Waals surface area contributed by atoms with E-state index in [2.05, 4.69) is 10.3 Å². The number of nitrogens with zero attached hydrogens (tertiary/aromatic N) is 1. The van der Waals surface area contributed by atoms with Gasteiger partial charge < -0.3 is 5.32 Å². The van der Waals surface area contributed by atoms with Gasteiger partial charge in [0.1, 0.15) is 10.7 Å². The van der Waals surface area contributed by atoms with Crippen molar-refractivity contribution in [1.82, 2.24) is 4.98 Å². The molecule has 1 N–H and O–H groups in total. The van der Waals surface area contributed by atoms with E-state index < -0.39 is 29.5 Å². The van der Waals surface area contributed by atoms with Crippen LogP contribution in [-0.4, -0.2) is 23.2 Å². The van der Waals surface area contributed by atoms with Crippen molar-refractivity contribution < 1.29 is 35.5 Å². The number of halogens is 8. The van der Waals surface area contributed by atoms with E-state index in [9.17, 15) is 35.5 Å². The SMILES string of the molecule is Cc1cc(C(F)(C(F)(F)F)C(F)(F)F)cc(C)c1NC(=O)c1cccc(Sc2ccc(Cl)cc2)n1. The number of rotatable bonds is 5. The van der Waals surface area contributed by atoms with Crippen LogP contribution in [0.4, 0.5) is 36.4 Å². The van der Waals surface area contributed by atoms with E-state index in [1.807, 2.05) is 0 Å². The third kappa shape index (κ3) is 5.56. The van der Waals surface area contributed by atoms with Gasteiger partial charge in [0.25, 0.3) is 5.91 Å². The van der Waals surface area contributed by atoms with Gasteiger partial charge in [0.15, 0.2) is 0 Å². The van der Waals surface area contributed by atoms with Crippen molar-refractivity contribution in [3.05, 3.63) is 82.0 Å². The molecule has 1 amide bonds. The molecule has 0 aliphatic carbocycles. The molecule has 0 aliphatic heterocycles. The average molecular weight is 537 g/mol. The summed E-state index contributed by atoms with van der Waals surface area (Å²) in [5.74, 6) is -0.749. The van der Waals surface area contributed by atoms with Crippen molar-refractivity contribution in [3.8, 4) is 0 Å². The fourth-order valence-electron chi connectivity index (χ4n) is 3.25. The van der Waals surface area contributed by atoms with Crippen LogP contribution in [0.15, 0.2) is 64.5 Å². The minimum atomic E-state index is -6.24. The van der Waals surface area contributed by atoms with E-state index in [0.717, 1.165) is 4.90 Å². The van der Waals surface area contributed by atoms with Gasteiger partial charge in [0.05, 0.1) is 0 Å². The number of pyridine rings is 1. The van der Waals surface area contributed by atoms with Crippen LogP contribution in [0, 0.1) is 13.8 Å². The van der Waals surface area contributed by atoms with E-state index in [4.69, 9.17) is 11.6 Å². The van der Waals surface area contributed by atoms with Gasteiger partial charge in [-0.1, -0.05) is 41.6 Å². The molecule has 0 atom stereocenters. The first kappa shape index (κ1) is 26.8. The van der Waals surface area contributed by atoms with E-state index in [-0.39, 0.29) is 22.5 Å². The monoisotopic (exact) mass is 536 g/mol. The number of alkyl halides is 7. The quantitative estimate of drug-likeness (QED) is 0.335. The number of benzene rings is 2. The number of aryl methyl sites for hydroxylation is 2. The summed E-state index contributed by atoms with van der Waals surface area (Å²) < 4.78 is 93.1. The van der Waals surface area contributed by atoms with Crippen molar-refractivity contribution >= 4 is 35.0 Å². The highest BCUT2D eigenvalue weighted by atomic mass is 35.5. The number of hydrogen-bond acceptors (Lipinski definition) is 3.